The summed E-state index contributed by atoms with van der Waals surface area (Å²) in [6, 6.07) is 1.38. The van der Waals surface area contributed by atoms with E-state index in [-0.39, 0.29) is 17.5 Å². The van der Waals surface area contributed by atoms with Crippen LogP contribution < -0.4 is 4.72 Å². The molecule has 0 aliphatic heterocycles. The maximum Gasteiger partial charge on any atom is 0.242 e. The van der Waals surface area contributed by atoms with Crippen LogP contribution in [-0.2, 0) is 16.6 Å². The number of nitrogens with one attached hydrogen (secondary N) is 1. The molecule has 0 bridgehead atoms. The summed E-state index contributed by atoms with van der Waals surface area (Å²) in [6.07, 6.45) is 0. The quantitative estimate of drug-likeness (QED) is 0.769. The van der Waals surface area contributed by atoms with Crippen LogP contribution in [-0.4, -0.2) is 31.1 Å². The molecule has 0 aliphatic rings. The van der Waals surface area contributed by atoms with E-state index in [0.717, 1.165) is 11.5 Å². The Morgan fingerprint density at radius 1 is 1.61 bits per heavy atom. The fraction of sp³-hybridized carbons (Fsp3) is 0.600. The van der Waals surface area contributed by atoms with Gasteiger partial charge in [-0.3, -0.25) is 0 Å². The van der Waals surface area contributed by atoms with E-state index in [1.54, 1.807) is 11.8 Å². The molecule has 1 atom stereocenters. The van der Waals surface area contributed by atoms with Crippen LogP contribution in [0, 0.1) is 0 Å². The summed E-state index contributed by atoms with van der Waals surface area (Å²) in [4.78, 5) is 0.822. The van der Waals surface area contributed by atoms with Gasteiger partial charge in [-0.05, 0) is 34.7 Å². The van der Waals surface area contributed by atoms with E-state index in [1.165, 1.54) is 17.4 Å². The van der Waals surface area contributed by atoms with Gasteiger partial charge in [-0.25, -0.2) is 13.1 Å². The second-order valence-corrected chi connectivity index (χ2v) is 9.15. The zero-order valence-corrected chi connectivity index (χ0v) is 14.2. The minimum atomic E-state index is -3.52. The Hall–Kier alpha value is 0.400. The van der Waals surface area contributed by atoms with Gasteiger partial charge in [0.25, 0.3) is 0 Å². The van der Waals surface area contributed by atoms with E-state index in [9.17, 15) is 8.42 Å². The molecular formula is C10H16BrNO3S3. The monoisotopic (exact) mass is 373 g/mol. The second-order valence-electron chi connectivity index (χ2n) is 3.69. The lowest BCUT2D eigenvalue weighted by Gasteiger charge is -2.12. The first-order valence-corrected chi connectivity index (χ1v) is 9.64. The third-order valence-electron chi connectivity index (χ3n) is 2.08. The van der Waals surface area contributed by atoms with Gasteiger partial charge in [0.2, 0.25) is 10.0 Å². The van der Waals surface area contributed by atoms with Gasteiger partial charge in [0.1, 0.15) is 4.90 Å². The number of hydrogen-bond acceptors (Lipinski definition) is 5. The minimum Gasteiger partial charge on any atom is -0.391 e. The first-order chi connectivity index (χ1) is 8.40. The van der Waals surface area contributed by atoms with E-state index >= 15 is 0 Å². The van der Waals surface area contributed by atoms with Crippen molar-refractivity contribution in [3.8, 4) is 0 Å². The molecule has 8 heteroatoms. The molecule has 0 spiro atoms. The molecule has 1 aromatic rings. The molecule has 0 fully saturated rings. The summed E-state index contributed by atoms with van der Waals surface area (Å²) in [5.41, 5.74) is 0. The summed E-state index contributed by atoms with van der Waals surface area (Å²) >= 11 is 6.14. The van der Waals surface area contributed by atoms with E-state index in [1.807, 2.05) is 13.8 Å². The van der Waals surface area contributed by atoms with Crippen LogP contribution in [0.5, 0.6) is 0 Å². The van der Waals surface area contributed by atoms with Crippen LogP contribution >= 0.6 is 39.0 Å². The lowest BCUT2D eigenvalue weighted by atomic mass is 10.4. The number of aliphatic hydroxyl groups excluding tert-OH is 1. The number of thiophene rings is 1. The van der Waals surface area contributed by atoms with Crippen molar-refractivity contribution in [3.63, 3.8) is 0 Å². The molecule has 0 aliphatic carbocycles. The molecule has 0 saturated heterocycles. The SMILES string of the molecule is CCSCC(C)NS(=O)(=O)c1cc(CO)sc1Br. The normalized spacial score (nSPS) is 13.8. The highest BCUT2D eigenvalue weighted by Gasteiger charge is 2.22. The van der Waals surface area contributed by atoms with Crippen molar-refractivity contribution >= 4 is 49.1 Å². The fourth-order valence-corrected chi connectivity index (χ4v) is 5.88. The van der Waals surface area contributed by atoms with Gasteiger partial charge in [-0.2, -0.15) is 11.8 Å². The highest BCUT2D eigenvalue weighted by atomic mass is 79.9. The Bertz CT molecular complexity index is 487. The molecule has 4 nitrogen and oxygen atoms in total. The summed E-state index contributed by atoms with van der Waals surface area (Å²) in [5, 5.41) is 9.01. The smallest absolute Gasteiger partial charge is 0.242 e. The predicted octanol–water partition coefficient (Wildman–Crippen LogP) is 2.42. The van der Waals surface area contributed by atoms with Crippen LogP contribution in [0.25, 0.3) is 0 Å². The molecule has 2 N–H and O–H groups in total. The molecule has 0 saturated carbocycles. The number of thioether (sulfide) groups is 1. The van der Waals surface area contributed by atoms with Gasteiger partial charge in [0, 0.05) is 16.7 Å². The molecule has 1 rings (SSSR count). The van der Waals surface area contributed by atoms with Crippen LogP contribution in [0.4, 0.5) is 0 Å². The van der Waals surface area contributed by atoms with E-state index < -0.39 is 10.0 Å². The molecule has 0 radical (unpaired) electrons. The van der Waals surface area contributed by atoms with Gasteiger partial charge in [0.15, 0.2) is 0 Å². The highest BCUT2D eigenvalue weighted by molar-refractivity contribution is 9.11. The molecule has 104 valence electrons. The molecule has 0 aromatic carbocycles. The Kier molecular flexibility index (Phi) is 6.63. The van der Waals surface area contributed by atoms with Gasteiger partial charge < -0.3 is 5.11 Å². The van der Waals surface area contributed by atoms with Gasteiger partial charge in [0.05, 0.1) is 10.4 Å². The van der Waals surface area contributed by atoms with E-state index in [0.29, 0.717) is 8.66 Å². The van der Waals surface area contributed by atoms with E-state index in [4.69, 9.17) is 5.11 Å². The summed E-state index contributed by atoms with van der Waals surface area (Å²) in [7, 11) is -3.52. The third-order valence-corrected chi connectivity index (χ3v) is 7.05. The van der Waals surface area contributed by atoms with Crippen molar-refractivity contribution < 1.29 is 13.5 Å². The third kappa shape index (κ3) is 4.50. The standard InChI is InChI=1S/C10H16BrNO3S3/c1-3-16-6-7(2)12-18(14,15)9-4-8(5-13)17-10(9)11/h4,7,12-13H,3,5-6H2,1-2H3. The molecule has 1 unspecified atom stereocenters. The summed E-state index contributed by atoms with van der Waals surface area (Å²) in [5.74, 6) is 1.70. The molecule has 1 heterocycles. The Balaban J connectivity index is 2.82. The Morgan fingerprint density at radius 2 is 2.28 bits per heavy atom. The average Bonchev–Trinajstić information content (AvgIpc) is 2.68. The molecule has 1 aromatic heterocycles. The zero-order chi connectivity index (χ0) is 13.8. The van der Waals surface area contributed by atoms with Crippen molar-refractivity contribution in [1.29, 1.82) is 0 Å². The zero-order valence-electron chi connectivity index (χ0n) is 10.1. The predicted molar refractivity (Wildman–Crippen MR) is 80.7 cm³/mol. The van der Waals surface area contributed by atoms with Crippen molar-refractivity contribution in [2.75, 3.05) is 11.5 Å². The van der Waals surface area contributed by atoms with Crippen molar-refractivity contribution in [1.82, 2.24) is 4.72 Å². The van der Waals surface area contributed by atoms with Crippen LogP contribution in [0.15, 0.2) is 14.7 Å². The maximum atomic E-state index is 12.1. The van der Waals surface area contributed by atoms with Crippen LogP contribution in [0.2, 0.25) is 0 Å². The number of rotatable bonds is 7. The van der Waals surface area contributed by atoms with Crippen LogP contribution in [0.3, 0.4) is 0 Å². The summed E-state index contributed by atoms with van der Waals surface area (Å²) < 4.78 is 27.4. The van der Waals surface area contributed by atoms with Gasteiger partial charge in [-0.15, -0.1) is 11.3 Å². The molecule has 0 amide bonds. The maximum absolute atomic E-state index is 12.1. The lowest BCUT2D eigenvalue weighted by Crippen LogP contribution is -2.34. The topological polar surface area (TPSA) is 66.4 Å². The number of aliphatic hydroxyl groups is 1. The Morgan fingerprint density at radius 3 is 2.78 bits per heavy atom. The summed E-state index contributed by atoms with van der Waals surface area (Å²) in [6.45, 7) is 3.72. The van der Waals surface area contributed by atoms with Crippen molar-refractivity contribution in [3.05, 3.63) is 14.7 Å². The second kappa shape index (κ2) is 7.25. The lowest BCUT2D eigenvalue weighted by molar-refractivity contribution is 0.285. The first-order valence-electron chi connectivity index (χ1n) is 5.39. The fourth-order valence-electron chi connectivity index (χ4n) is 1.32. The number of halogens is 1. The molecule has 18 heavy (non-hydrogen) atoms. The number of hydrogen-bond donors (Lipinski definition) is 2. The van der Waals surface area contributed by atoms with Gasteiger partial charge >= 0.3 is 0 Å². The van der Waals surface area contributed by atoms with E-state index in [2.05, 4.69) is 20.7 Å². The van der Waals surface area contributed by atoms with Gasteiger partial charge in [-0.1, -0.05) is 6.92 Å². The highest BCUT2D eigenvalue weighted by Crippen LogP contribution is 2.31. The van der Waals surface area contributed by atoms with Crippen molar-refractivity contribution in [2.24, 2.45) is 0 Å². The first kappa shape index (κ1) is 16.5. The average molecular weight is 374 g/mol. The van der Waals surface area contributed by atoms with Crippen LogP contribution in [0.1, 0.15) is 18.7 Å². The molecular weight excluding hydrogens is 358 g/mol. The minimum absolute atomic E-state index is 0.121. The van der Waals surface area contributed by atoms with Crippen molar-refractivity contribution in [2.45, 2.75) is 31.4 Å². The Labute approximate surface area is 124 Å². The number of sulfonamides is 1. The largest absolute Gasteiger partial charge is 0.391 e.